The van der Waals surface area contributed by atoms with Gasteiger partial charge in [-0.15, -0.1) is 0 Å². The molecule has 1 aromatic heterocycles. The first-order valence-electron chi connectivity index (χ1n) is 12.5. The predicted octanol–water partition coefficient (Wildman–Crippen LogP) is 5.06. The van der Waals surface area contributed by atoms with Gasteiger partial charge in [0.1, 0.15) is 9.84 Å². The van der Waals surface area contributed by atoms with Crippen molar-refractivity contribution in [2.75, 3.05) is 12.5 Å². The molecule has 7 nitrogen and oxygen atoms in total. The quantitative estimate of drug-likeness (QED) is 0.318. The molecule has 9 heteroatoms. The Balaban J connectivity index is 1.70. The van der Waals surface area contributed by atoms with Crippen molar-refractivity contribution in [1.82, 2.24) is 4.98 Å². The van der Waals surface area contributed by atoms with E-state index in [9.17, 15) is 26.7 Å². The van der Waals surface area contributed by atoms with Crippen LogP contribution in [0, 0.1) is 0 Å². The minimum atomic E-state index is -3.52. The zero-order valence-corrected chi connectivity index (χ0v) is 23.5. The number of carbonyl (C=O) groups is 1. The first kappa shape index (κ1) is 27.0. The number of hydrogen-bond donors (Lipinski definition) is 1. The van der Waals surface area contributed by atoms with Crippen LogP contribution in [-0.2, 0) is 36.3 Å². The molecule has 39 heavy (non-hydrogen) atoms. The number of carboxylic acids is 1. The van der Waals surface area contributed by atoms with Crippen molar-refractivity contribution in [2.45, 2.75) is 41.7 Å². The Kier molecular flexibility index (Phi) is 6.63. The lowest BCUT2D eigenvalue weighted by Gasteiger charge is -2.18. The summed E-state index contributed by atoms with van der Waals surface area (Å²) >= 11 is 0. The van der Waals surface area contributed by atoms with E-state index in [1.54, 1.807) is 25.3 Å². The molecule has 3 aromatic carbocycles. The molecular weight excluding hydrogens is 534 g/mol. The van der Waals surface area contributed by atoms with E-state index in [0.29, 0.717) is 36.0 Å². The average Bonchev–Trinajstić information content (AvgIpc) is 3.69. The second kappa shape index (κ2) is 9.57. The SMILES string of the molecule is CC(Cc1cc(-c2cccc(-c3cc(S(C)(=O)=O)ccc3C3(C(=O)O)CC3)c2)c2ncccc2c1)S(C)(=O)=O. The molecule has 1 atom stereocenters. The van der Waals surface area contributed by atoms with Gasteiger partial charge in [0.15, 0.2) is 9.84 Å². The Morgan fingerprint density at radius 1 is 0.923 bits per heavy atom. The van der Waals surface area contributed by atoms with Crippen LogP contribution < -0.4 is 0 Å². The van der Waals surface area contributed by atoms with Crippen LogP contribution in [0.5, 0.6) is 0 Å². The molecule has 0 amide bonds. The van der Waals surface area contributed by atoms with Gasteiger partial charge in [-0.2, -0.15) is 0 Å². The molecule has 0 radical (unpaired) electrons. The molecule has 1 heterocycles. The van der Waals surface area contributed by atoms with Crippen LogP contribution in [0.25, 0.3) is 33.2 Å². The van der Waals surface area contributed by atoms with Crippen molar-refractivity contribution in [3.8, 4) is 22.3 Å². The summed E-state index contributed by atoms with van der Waals surface area (Å²) in [6.07, 6.45) is 5.39. The molecule has 1 saturated carbocycles. The van der Waals surface area contributed by atoms with Gasteiger partial charge in [0, 0.05) is 29.7 Å². The molecule has 1 unspecified atom stereocenters. The molecule has 1 N–H and O–H groups in total. The number of aromatic nitrogens is 1. The molecule has 4 aromatic rings. The van der Waals surface area contributed by atoms with Gasteiger partial charge >= 0.3 is 5.97 Å². The number of fused-ring (bicyclic) bond motifs is 1. The van der Waals surface area contributed by atoms with E-state index in [2.05, 4.69) is 4.98 Å². The van der Waals surface area contributed by atoms with Gasteiger partial charge in [-0.25, -0.2) is 16.8 Å². The summed E-state index contributed by atoms with van der Waals surface area (Å²) in [7, 11) is -6.75. The van der Waals surface area contributed by atoms with Crippen molar-refractivity contribution in [1.29, 1.82) is 0 Å². The van der Waals surface area contributed by atoms with E-state index in [4.69, 9.17) is 0 Å². The summed E-state index contributed by atoms with van der Waals surface area (Å²) in [5, 5.41) is 10.3. The van der Waals surface area contributed by atoms with Gasteiger partial charge in [0.2, 0.25) is 0 Å². The van der Waals surface area contributed by atoms with Gasteiger partial charge in [0.25, 0.3) is 0 Å². The van der Waals surface area contributed by atoms with Gasteiger partial charge in [-0.3, -0.25) is 9.78 Å². The summed E-state index contributed by atoms with van der Waals surface area (Å²) in [4.78, 5) is 16.9. The van der Waals surface area contributed by atoms with E-state index < -0.39 is 36.3 Å². The number of pyridine rings is 1. The minimum absolute atomic E-state index is 0.122. The summed E-state index contributed by atoms with van der Waals surface area (Å²) in [6.45, 7) is 1.69. The third-order valence-electron chi connectivity index (χ3n) is 7.60. The number of rotatable bonds is 8. The molecule has 0 spiro atoms. The first-order valence-corrected chi connectivity index (χ1v) is 16.4. The molecule has 0 bridgehead atoms. The number of benzene rings is 3. The number of sulfone groups is 2. The molecule has 1 aliphatic rings. The Morgan fingerprint density at radius 3 is 2.23 bits per heavy atom. The number of hydrogen-bond acceptors (Lipinski definition) is 6. The molecule has 5 rings (SSSR count). The summed E-state index contributed by atoms with van der Waals surface area (Å²) in [5.74, 6) is -0.921. The topological polar surface area (TPSA) is 118 Å². The van der Waals surface area contributed by atoms with Crippen LogP contribution in [0.3, 0.4) is 0 Å². The monoisotopic (exact) mass is 563 g/mol. The zero-order valence-electron chi connectivity index (χ0n) is 21.9. The van der Waals surface area contributed by atoms with Crippen LogP contribution in [0.4, 0.5) is 0 Å². The zero-order chi connectivity index (χ0) is 28.2. The van der Waals surface area contributed by atoms with Crippen molar-refractivity contribution in [2.24, 2.45) is 0 Å². The van der Waals surface area contributed by atoms with E-state index in [1.807, 2.05) is 48.5 Å². The maximum atomic E-state index is 12.4. The van der Waals surface area contributed by atoms with Gasteiger partial charge < -0.3 is 5.11 Å². The fourth-order valence-corrected chi connectivity index (χ4v) is 6.21. The second-order valence-electron chi connectivity index (χ2n) is 10.5. The highest BCUT2D eigenvalue weighted by atomic mass is 32.2. The van der Waals surface area contributed by atoms with Crippen LogP contribution in [0.15, 0.2) is 77.8 Å². The fourth-order valence-electron chi connectivity index (χ4n) is 5.06. The minimum Gasteiger partial charge on any atom is -0.481 e. The highest BCUT2D eigenvalue weighted by Crippen LogP contribution is 2.52. The highest BCUT2D eigenvalue weighted by Gasteiger charge is 2.53. The Morgan fingerprint density at radius 2 is 1.62 bits per heavy atom. The van der Waals surface area contributed by atoms with Crippen molar-refractivity contribution in [3.05, 3.63) is 84.1 Å². The molecule has 0 aliphatic heterocycles. The number of carboxylic acid groups (broad SMARTS) is 1. The van der Waals surface area contributed by atoms with Gasteiger partial charge in [-0.1, -0.05) is 30.3 Å². The maximum absolute atomic E-state index is 12.4. The smallest absolute Gasteiger partial charge is 0.314 e. The highest BCUT2D eigenvalue weighted by molar-refractivity contribution is 7.91. The fraction of sp³-hybridized carbons (Fsp3) is 0.267. The van der Waals surface area contributed by atoms with Crippen molar-refractivity contribution in [3.63, 3.8) is 0 Å². The Bertz CT molecular complexity index is 1840. The predicted molar refractivity (Wildman–Crippen MR) is 152 cm³/mol. The Labute approximate surface area is 228 Å². The maximum Gasteiger partial charge on any atom is 0.314 e. The second-order valence-corrected chi connectivity index (χ2v) is 15.0. The molecular formula is C30H29NO6S2. The molecule has 0 saturated heterocycles. The lowest BCUT2D eigenvalue weighted by atomic mass is 9.87. The Hall–Kier alpha value is -3.56. The third kappa shape index (κ3) is 5.21. The third-order valence-corrected chi connectivity index (χ3v) is 10.3. The standard InChI is InChI=1S/C30H29NO6S2/c1-19(38(2,34)35)14-20-15-23-8-5-13-31-28(23)26(16-20)22-7-4-6-21(17-22)25-18-24(39(3,36)37)9-10-27(25)30(11-12-30)29(32)33/h4-10,13,15-19H,11-12,14H2,1-3H3,(H,32,33). The van der Waals surface area contributed by atoms with E-state index in [1.165, 1.54) is 12.3 Å². The number of aliphatic carboxylic acids is 1. The normalized spacial score (nSPS) is 15.7. The van der Waals surface area contributed by atoms with E-state index in [0.717, 1.165) is 33.8 Å². The van der Waals surface area contributed by atoms with Gasteiger partial charge in [-0.05, 0) is 90.4 Å². The van der Waals surface area contributed by atoms with Crippen molar-refractivity contribution < 1.29 is 26.7 Å². The summed E-state index contributed by atoms with van der Waals surface area (Å²) < 4.78 is 49.0. The average molecular weight is 564 g/mol. The van der Waals surface area contributed by atoms with E-state index in [-0.39, 0.29) is 4.90 Å². The van der Waals surface area contributed by atoms with Crippen LogP contribution in [0.1, 0.15) is 30.9 Å². The summed E-state index contributed by atoms with van der Waals surface area (Å²) in [5.41, 5.74) is 4.05. The van der Waals surface area contributed by atoms with Crippen molar-refractivity contribution >= 4 is 36.5 Å². The first-order chi connectivity index (χ1) is 18.3. The molecule has 202 valence electrons. The molecule has 1 fully saturated rings. The van der Waals surface area contributed by atoms with Crippen LogP contribution >= 0.6 is 0 Å². The lowest BCUT2D eigenvalue weighted by molar-refractivity contribution is -0.140. The lowest BCUT2D eigenvalue weighted by Crippen LogP contribution is -2.20. The van der Waals surface area contributed by atoms with Gasteiger partial charge in [0.05, 0.1) is 21.1 Å². The van der Waals surface area contributed by atoms with Crippen LogP contribution in [0.2, 0.25) is 0 Å². The number of nitrogens with zero attached hydrogens (tertiary/aromatic N) is 1. The van der Waals surface area contributed by atoms with Crippen LogP contribution in [-0.4, -0.2) is 50.7 Å². The van der Waals surface area contributed by atoms with E-state index >= 15 is 0 Å². The molecule has 1 aliphatic carbocycles. The summed E-state index contributed by atoms with van der Waals surface area (Å²) in [6, 6.07) is 19.9. The largest absolute Gasteiger partial charge is 0.481 e.